The number of benzene rings is 1. The number of amides is 1. The van der Waals surface area contributed by atoms with Crippen molar-refractivity contribution in [3.8, 4) is 5.75 Å². The predicted molar refractivity (Wildman–Crippen MR) is 67.6 cm³/mol. The molecule has 6 heteroatoms. The first-order valence-corrected chi connectivity index (χ1v) is 6.15. The van der Waals surface area contributed by atoms with Crippen LogP contribution in [0, 0.1) is 0 Å². The lowest BCUT2D eigenvalue weighted by Gasteiger charge is -2.12. The van der Waals surface area contributed by atoms with Gasteiger partial charge in [-0.2, -0.15) is 0 Å². The van der Waals surface area contributed by atoms with Crippen LogP contribution in [0.5, 0.6) is 5.75 Å². The molecule has 0 saturated carbocycles. The molecule has 1 atom stereocenters. The van der Waals surface area contributed by atoms with Gasteiger partial charge in [0.2, 0.25) is 5.91 Å². The molecule has 1 aromatic rings. The summed E-state index contributed by atoms with van der Waals surface area (Å²) in [5.74, 6) is -2.63. The summed E-state index contributed by atoms with van der Waals surface area (Å²) in [4.78, 5) is 11.8. The Labute approximate surface area is 110 Å². The van der Waals surface area contributed by atoms with Crippen LogP contribution in [0.3, 0.4) is 0 Å². The minimum atomic E-state index is -2.81. The Bertz CT molecular complexity index is 466. The maximum absolute atomic E-state index is 13.0. The Morgan fingerprint density at radius 1 is 1.58 bits per heavy atom. The third-order valence-corrected chi connectivity index (χ3v) is 2.84. The average Bonchev–Trinajstić information content (AvgIpc) is 2.71. The fourth-order valence-electron chi connectivity index (χ4n) is 1.96. The van der Waals surface area contributed by atoms with Crippen molar-refractivity contribution in [2.75, 3.05) is 18.5 Å². The summed E-state index contributed by atoms with van der Waals surface area (Å²) in [6, 6.07) is 5.99. The van der Waals surface area contributed by atoms with Gasteiger partial charge in [0.05, 0.1) is 19.2 Å². The number of alkyl halides is 2. The van der Waals surface area contributed by atoms with Gasteiger partial charge in [-0.1, -0.05) is 6.07 Å². The molecule has 4 nitrogen and oxygen atoms in total. The van der Waals surface area contributed by atoms with E-state index >= 15 is 0 Å². The van der Waals surface area contributed by atoms with Crippen LogP contribution in [0.15, 0.2) is 24.3 Å². The summed E-state index contributed by atoms with van der Waals surface area (Å²) in [6.07, 6.45) is -0.468. The standard InChI is InChI=1S/C13H16F2N2O2/c1-2-19-10-5-3-4-9(6-10)17-12(18)11-7-13(14,15)8-16-11/h3-6,11,16H,2,7-8H2,1H3,(H,17,18). The maximum atomic E-state index is 13.0. The van der Waals surface area contributed by atoms with Crippen LogP contribution in [0.2, 0.25) is 0 Å². The number of carbonyl (C=O) groups excluding carboxylic acids is 1. The highest BCUT2D eigenvalue weighted by Gasteiger charge is 2.42. The Kier molecular flexibility index (Phi) is 3.99. The second-order valence-electron chi connectivity index (χ2n) is 4.44. The molecule has 1 heterocycles. The number of ether oxygens (including phenoxy) is 1. The number of hydrogen-bond donors (Lipinski definition) is 2. The largest absolute Gasteiger partial charge is 0.494 e. The summed E-state index contributed by atoms with van der Waals surface area (Å²) < 4.78 is 31.3. The average molecular weight is 270 g/mol. The van der Waals surface area contributed by atoms with Crippen molar-refractivity contribution in [2.45, 2.75) is 25.3 Å². The summed E-state index contributed by atoms with van der Waals surface area (Å²) in [6.45, 7) is 1.92. The lowest BCUT2D eigenvalue weighted by atomic mass is 10.2. The molecule has 104 valence electrons. The minimum Gasteiger partial charge on any atom is -0.494 e. The molecule has 2 N–H and O–H groups in total. The zero-order valence-electron chi connectivity index (χ0n) is 10.6. The van der Waals surface area contributed by atoms with Crippen LogP contribution in [0.4, 0.5) is 14.5 Å². The van der Waals surface area contributed by atoms with E-state index in [2.05, 4.69) is 10.6 Å². The van der Waals surface area contributed by atoms with Crippen LogP contribution >= 0.6 is 0 Å². The van der Waals surface area contributed by atoms with Gasteiger partial charge >= 0.3 is 0 Å². The molecule has 1 aliphatic heterocycles. The van der Waals surface area contributed by atoms with E-state index in [1.807, 2.05) is 6.92 Å². The molecule has 1 aliphatic rings. The van der Waals surface area contributed by atoms with Gasteiger partial charge < -0.3 is 10.1 Å². The van der Waals surface area contributed by atoms with E-state index in [0.717, 1.165) is 0 Å². The molecule has 0 spiro atoms. The van der Waals surface area contributed by atoms with E-state index in [9.17, 15) is 13.6 Å². The van der Waals surface area contributed by atoms with Gasteiger partial charge in [0.15, 0.2) is 0 Å². The van der Waals surface area contributed by atoms with Crippen molar-refractivity contribution >= 4 is 11.6 Å². The van der Waals surface area contributed by atoms with Crippen LogP contribution in [0.25, 0.3) is 0 Å². The van der Waals surface area contributed by atoms with E-state index in [4.69, 9.17) is 4.74 Å². The molecule has 1 aromatic carbocycles. The summed E-state index contributed by atoms with van der Waals surface area (Å²) in [5, 5.41) is 5.12. The van der Waals surface area contributed by atoms with Crippen LogP contribution in [0.1, 0.15) is 13.3 Å². The molecule has 0 aromatic heterocycles. The first-order chi connectivity index (χ1) is 9.00. The minimum absolute atomic E-state index is 0.453. The first kappa shape index (κ1) is 13.7. The molecular formula is C13H16F2N2O2. The molecular weight excluding hydrogens is 254 g/mol. The van der Waals surface area contributed by atoms with Crippen molar-refractivity contribution in [3.63, 3.8) is 0 Å². The van der Waals surface area contributed by atoms with Gasteiger partial charge in [0.25, 0.3) is 5.92 Å². The van der Waals surface area contributed by atoms with Crippen LogP contribution < -0.4 is 15.4 Å². The highest BCUT2D eigenvalue weighted by molar-refractivity contribution is 5.95. The third kappa shape index (κ3) is 3.64. The zero-order chi connectivity index (χ0) is 13.9. The monoisotopic (exact) mass is 270 g/mol. The number of rotatable bonds is 4. The summed E-state index contributed by atoms with van der Waals surface area (Å²) in [5.41, 5.74) is 0.535. The van der Waals surface area contributed by atoms with Crippen LogP contribution in [-0.2, 0) is 4.79 Å². The highest BCUT2D eigenvalue weighted by atomic mass is 19.3. The lowest BCUT2D eigenvalue weighted by molar-refractivity contribution is -0.118. The normalized spacial score (nSPS) is 21.1. The summed E-state index contributed by atoms with van der Waals surface area (Å²) in [7, 11) is 0. The molecule has 2 rings (SSSR count). The molecule has 1 unspecified atom stereocenters. The van der Waals surface area contributed by atoms with E-state index < -0.39 is 30.8 Å². The summed E-state index contributed by atoms with van der Waals surface area (Å²) >= 11 is 0. The van der Waals surface area contributed by atoms with Gasteiger partial charge in [0.1, 0.15) is 5.75 Å². The van der Waals surface area contributed by atoms with E-state index in [1.165, 1.54) is 0 Å². The van der Waals surface area contributed by atoms with Crippen molar-refractivity contribution in [2.24, 2.45) is 0 Å². The van der Waals surface area contributed by atoms with Crippen LogP contribution in [-0.4, -0.2) is 31.0 Å². The Balaban J connectivity index is 1.97. The molecule has 1 amide bonds. The smallest absolute Gasteiger partial charge is 0.262 e. The SMILES string of the molecule is CCOc1cccc(NC(=O)C2CC(F)(F)CN2)c1. The lowest BCUT2D eigenvalue weighted by Crippen LogP contribution is -2.35. The molecule has 0 bridgehead atoms. The van der Waals surface area contributed by atoms with E-state index in [-0.39, 0.29) is 0 Å². The quantitative estimate of drug-likeness (QED) is 0.880. The first-order valence-electron chi connectivity index (χ1n) is 6.15. The van der Waals surface area contributed by atoms with Gasteiger partial charge in [-0.3, -0.25) is 10.1 Å². The molecule has 1 saturated heterocycles. The molecule has 19 heavy (non-hydrogen) atoms. The van der Waals surface area contributed by atoms with Crippen molar-refractivity contribution < 1.29 is 18.3 Å². The Morgan fingerprint density at radius 3 is 3.00 bits per heavy atom. The Morgan fingerprint density at radius 2 is 2.37 bits per heavy atom. The fraction of sp³-hybridized carbons (Fsp3) is 0.462. The maximum Gasteiger partial charge on any atom is 0.262 e. The van der Waals surface area contributed by atoms with Gasteiger partial charge in [0, 0.05) is 18.2 Å². The van der Waals surface area contributed by atoms with E-state index in [1.54, 1.807) is 24.3 Å². The number of nitrogens with one attached hydrogen (secondary N) is 2. The van der Waals surface area contributed by atoms with Crippen molar-refractivity contribution in [1.29, 1.82) is 0 Å². The predicted octanol–water partition coefficient (Wildman–Crippen LogP) is 2.02. The third-order valence-electron chi connectivity index (χ3n) is 2.84. The number of carbonyl (C=O) groups is 1. The molecule has 0 aliphatic carbocycles. The van der Waals surface area contributed by atoms with Gasteiger partial charge in [-0.25, -0.2) is 8.78 Å². The Hall–Kier alpha value is -1.69. The number of anilines is 1. The number of hydrogen-bond acceptors (Lipinski definition) is 3. The van der Waals surface area contributed by atoms with E-state index in [0.29, 0.717) is 18.0 Å². The second kappa shape index (κ2) is 5.52. The highest BCUT2D eigenvalue weighted by Crippen LogP contribution is 2.26. The van der Waals surface area contributed by atoms with Crippen molar-refractivity contribution in [3.05, 3.63) is 24.3 Å². The fourth-order valence-corrected chi connectivity index (χ4v) is 1.96. The molecule has 1 fully saturated rings. The number of halogens is 2. The second-order valence-corrected chi connectivity index (χ2v) is 4.44. The molecule has 0 radical (unpaired) electrons. The topological polar surface area (TPSA) is 50.4 Å². The van der Waals surface area contributed by atoms with Crippen molar-refractivity contribution in [1.82, 2.24) is 5.32 Å². The van der Waals surface area contributed by atoms with Gasteiger partial charge in [-0.15, -0.1) is 0 Å². The zero-order valence-corrected chi connectivity index (χ0v) is 10.6. The van der Waals surface area contributed by atoms with Gasteiger partial charge in [-0.05, 0) is 19.1 Å².